The number of hydrogen-bond donors (Lipinski definition) is 3. The molecule has 44 heavy (non-hydrogen) atoms. The van der Waals surface area contributed by atoms with Crippen LogP contribution in [0.15, 0.2) is 42.5 Å². The van der Waals surface area contributed by atoms with Crippen molar-refractivity contribution in [3.63, 3.8) is 0 Å². The molecule has 13 nitrogen and oxygen atoms in total. The molecule has 5 rings (SSSR count). The van der Waals surface area contributed by atoms with E-state index in [9.17, 15) is 19.6 Å². The van der Waals surface area contributed by atoms with E-state index in [1.165, 1.54) is 16.3 Å². The molecule has 2 aliphatic heterocycles. The number of nitriles is 1. The van der Waals surface area contributed by atoms with E-state index in [2.05, 4.69) is 10.3 Å². The first-order chi connectivity index (χ1) is 21.3. The number of hydrogen-bond acceptors (Lipinski definition) is 10. The zero-order valence-corrected chi connectivity index (χ0v) is 25.3. The minimum Gasteiger partial charge on any atom is -0.491 e. The largest absolute Gasteiger partial charge is 0.491 e. The number of nitrogens with one attached hydrogen (secondary N) is 1. The minimum atomic E-state index is -0.845. The summed E-state index contributed by atoms with van der Waals surface area (Å²) in [4.78, 5) is 48.7. The van der Waals surface area contributed by atoms with Crippen LogP contribution in [0, 0.1) is 11.3 Å². The molecule has 0 bridgehead atoms. The van der Waals surface area contributed by atoms with Gasteiger partial charge in [0, 0.05) is 19.5 Å². The smallest absolute Gasteiger partial charge is 0.333 e. The van der Waals surface area contributed by atoms with Crippen molar-refractivity contribution in [1.82, 2.24) is 30.1 Å². The highest BCUT2D eigenvalue weighted by Gasteiger charge is 2.52. The van der Waals surface area contributed by atoms with Crippen molar-refractivity contribution >= 4 is 44.5 Å². The van der Waals surface area contributed by atoms with Crippen LogP contribution in [0.4, 0.5) is 9.93 Å². The maximum atomic E-state index is 14.2. The van der Waals surface area contributed by atoms with Crippen molar-refractivity contribution < 1.29 is 24.2 Å². The molecule has 2 saturated heterocycles. The van der Waals surface area contributed by atoms with E-state index in [0.717, 1.165) is 34.2 Å². The Morgan fingerprint density at radius 1 is 1.27 bits per heavy atom. The molecule has 0 radical (unpaired) electrons. The number of nitrogen functional groups attached to an aromatic ring is 1. The summed E-state index contributed by atoms with van der Waals surface area (Å²) in [7, 11) is 0. The highest BCUT2D eigenvalue weighted by molar-refractivity contribution is 7.22. The fourth-order valence-electron chi connectivity index (χ4n) is 5.66. The summed E-state index contributed by atoms with van der Waals surface area (Å²) in [6.45, 7) is 2.49. The lowest BCUT2D eigenvalue weighted by atomic mass is 9.99. The molecular formula is C30H36N8O5S. The number of para-hydroxylation sites is 1. The van der Waals surface area contributed by atoms with Gasteiger partial charge in [-0.2, -0.15) is 10.3 Å². The van der Waals surface area contributed by atoms with E-state index in [4.69, 9.17) is 15.6 Å². The number of unbranched alkanes of at least 4 members (excludes halogenated alkanes) is 1. The van der Waals surface area contributed by atoms with Gasteiger partial charge in [-0.15, -0.1) is 0 Å². The number of amides is 4. The second kappa shape index (κ2) is 13.9. The van der Waals surface area contributed by atoms with Crippen LogP contribution in [-0.2, 0) is 22.6 Å². The molecule has 0 aliphatic carbocycles. The van der Waals surface area contributed by atoms with Crippen molar-refractivity contribution in [2.45, 2.75) is 44.9 Å². The first kappa shape index (κ1) is 31.0. The topological polar surface area (TPSA) is 168 Å². The number of benzene rings is 2. The number of nitrogens with two attached hydrogens (primary N) is 1. The molecule has 2 aromatic carbocycles. The maximum absolute atomic E-state index is 14.2. The molecule has 0 spiro atoms. The average molecular weight is 621 g/mol. The Balaban J connectivity index is 1.47. The van der Waals surface area contributed by atoms with Crippen molar-refractivity contribution in [3.8, 4) is 11.8 Å². The highest BCUT2D eigenvalue weighted by atomic mass is 32.1. The average Bonchev–Trinajstić information content (AvgIpc) is 3.56. The van der Waals surface area contributed by atoms with E-state index in [1.807, 2.05) is 43.3 Å². The second-order valence-corrected chi connectivity index (χ2v) is 11.7. The maximum Gasteiger partial charge on any atom is 0.333 e. The quantitative estimate of drug-likeness (QED) is 0.202. The number of fused-ring (bicyclic) bond motifs is 2. The Labute approximate surface area is 259 Å². The number of aliphatic hydroxyl groups excluding tert-OH is 1. The van der Waals surface area contributed by atoms with Crippen LogP contribution >= 0.6 is 11.3 Å². The molecule has 2 fully saturated rings. The summed E-state index contributed by atoms with van der Waals surface area (Å²) in [5.74, 6) is 0.0589. The second-order valence-electron chi connectivity index (χ2n) is 10.7. The number of urea groups is 1. The lowest BCUT2D eigenvalue weighted by molar-refractivity contribution is -0.157. The summed E-state index contributed by atoms with van der Waals surface area (Å²) in [5.41, 5.74) is 8.35. The Kier molecular flexibility index (Phi) is 9.78. The number of ether oxygens (including phenoxy) is 1. The van der Waals surface area contributed by atoms with E-state index >= 15 is 0 Å². The van der Waals surface area contributed by atoms with Crippen molar-refractivity contribution in [2.75, 3.05) is 45.1 Å². The van der Waals surface area contributed by atoms with Gasteiger partial charge >= 0.3 is 6.03 Å². The Bertz CT molecular complexity index is 1540. The number of carbonyl (C=O) groups excluding carboxylic acids is 3. The minimum absolute atomic E-state index is 0.107. The number of carbonyl (C=O) groups is 3. The van der Waals surface area contributed by atoms with Gasteiger partial charge in [0.2, 0.25) is 11.8 Å². The zero-order valence-electron chi connectivity index (χ0n) is 24.5. The van der Waals surface area contributed by atoms with Crippen molar-refractivity contribution in [2.24, 2.45) is 0 Å². The van der Waals surface area contributed by atoms with Gasteiger partial charge in [0.25, 0.3) is 0 Å². The van der Waals surface area contributed by atoms with Crippen LogP contribution in [-0.4, -0.2) is 99.4 Å². The molecule has 3 aromatic rings. The molecule has 0 unspecified atom stereocenters. The third-order valence-electron chi connectivity index (χ3n) is 7.73. The van der Waals surface area contributed by atoms with Crippen LogP contribution in [0.1, 0.15) is 30.9 Å². The molecule has 3 heterocycles. The third kappa shape index (κ3) is 6.54. The van der Waals surface area contributed by atoms with E-state index in [-0.39, 0.29) is 57.6 Å². The molecule has 4 amide bonds. The van der Waals surface area contributed by atoms with E-state index in [1.54, 1.807) is 26.9 Å². The van der Waals surface area contributed by atoms with Gasteiger partial charge in [-0.1, -0.05) is 48.9 Å². The lowest BCUT2D eigenvalue weighted by Crippen LogP contribution is -2.66. The first-order valence-electron chi connectivity index (χ1n) is 14.6. The summed E-state index contributed by atoms with van der Waals surface area (Å²) in [6, 6.07) is 13.6. The number of hydrazine groups is 1. The molecule has 1 aromatic heterocycles. The van der Waals surface area contributed by atoms with Crippen LogP contribution in [0.2, 0.25) is 0 Å². The number of aliphatic hydroxyl groups is 1. The fraction of sp³-hybridized carbons (Fsp3) is 0.433. The summed E-state index contributed by atoms with van der Waals surface area (Å²) >= 11 is 1.37. The van der Waals surface area contributed by atoms with Crippen LogP contribution in [0.5, 0.6) is 5.75 Å². The van der Waals surface area contributed by atoms with Gasteiger partial charge in [0.05, 0.1) is 36.0 Å². The molecular weight excluding hydrogens is 584 g/mol. The lowest BCUT2D eigenvalue weighted by Gasteiger charge is -2.46. The molecule has 4 N–H and O–H groups in total. The molecule has 14 heteroatoms. The molecule has 2 aliphatic rings. The number of rotatable bonds is 12. The predicted molar refractivity (Wildman–Crippen MR) is 164 cm³/mol. The van der Waals surface area contributed by atoms with Gasteiger partial charge in [-0.25, -0.2) is 14.8 Å². The van der Waals surface area contributed by atoms with Crippen molar-refractivity contribution in [3.05, 3.63) is 53.6 Å². The summed E-state index contributed by atoms with van der Waals surface area (Å²) < 4.78 is 6.38. The third-order valence-corrected chi connectivity index (χ3v) is 8.58. The van der Waals surface area contributed by atoms with Crippen LogP contribution in [0.3, 0.4) is 0 Å². The van der Waals surface area contributed by atoms with Crippen molar-refractivity contribution in [1.29, 1.82) is 5.26 Å². The summed E-state index contributed by atoms with van der Waals surface area (Å²) in [5, 5.41) is 24.8. The molecule has 232 valence electrons. The van der Waals surface area contributed by atoms with Gasteiger partial charge in [0.15, 0.2) is 5.13 Å². The molecule has 2 atom stereocenters. The van der Waals surface area contributed by atoms with Gasteiger partial charge < -0.3 is 30.7 Å². The summed E-state index contributed by atoms with van der Waals surface area (Å²) in [6.07, 6.45) is 1.24. The van der Waals surface area contributed by atoms with E-state index in [0.29, 0.717) is 17.4 Å². The molecule has 0 saturated carbocycles. The van der Waals surface area contributed by atoms with Gasteiger partial charge in [-0.3, -0.25) is 9.59 Å². The fourth-order valence-corrected chi connectivity index (χ4v) is 6.45. The monoisotopic (exact) mass is 620 g/mol. The van der Waals surface area contributed by atoms with Crippen LogP contribution in [0.25, 0.3) is 10.2 Å². The standard InChI is InChI=1S/C30H36N8O5S/c1-2-3-12-33-30(42)36(13-11-31)37-19-26(40)38-23(16-20-7-9-22(10-8-20)43-15-14-39)28(41)35(18-25(37)38)17-21-5-4-6-24-27(21)34-29(32)44-24/h4-10,23,25,39H,2-3,12-19H2,1H3,(H2,32,34)(H,33,42)/t23-,25+/m0/s1. The Morgan fingerprint density at radius 3 is 2.80 bits per heavy atom. The zero-order chi connectivity index (χ0) is 31.2. The predicted octanol–water partition coefficient (Wildman–Crippen LogP) is 1.92. The normalized spacial score (nSPS) is 18.4. The Morgan fingerprint density at radius 2 is 2.07 bits per heavy atom. The van der Waals surface area contributed by atoms with E-state index < -0.39 is 18.2 Å². The number of thiazole rings is 1. The Hall–Kier alpha value is -4.45. The number of nitrogens with zero attached hydrogens (tertiary/aromatic N) is 6. The van der Waals surface area contributed by atoms with Crippen LogP contribution < -0.4 is 15.8 Å². The number of aromatic nitrogens is 1. The SMILES string of the molecule is CCCCNC(=O)N(CC#N)N1CC(=O)N2[C@@H](Cc3ccc(OCCO)cc3)C(=O)N(Cc3cccc4sc(N)nc34)C[C@@H]21. The highest BCUT2D eigenvalue weighted by Crippen LogP contribution is 2.32. The van der Waals surface area contributed by atoms with Gasteiger partial charge in [0.1, 0.15) is 31.1 Å². The van der Waals surface area contributed by atoms with Gasteiger partial charge in [-0.05, 0) is 35.7 Å². The first-order valence-corrected chi connectivity index (χ1v) is 15.4. The number of anilines is 1. The number of piperazine rings is 1.